The van der Waals surface area contributed by atoms with Crippen molar-refractivity contribution in [2.24, 2.45) is 0 Å². The summed E-state index contributed by atoms with van der Waals surface area (Å²) in [6, 6.07) is 8.33. The average molecular weight is 200 g/mol. The second-order valence-electron chi connectivity index (χ2n) is 2.82. The van der Waals surface area contributed by atoms with Crippen LogP contribution in [0.3, 0.4) is 0 Å². The Balaban J connectivity index is 2.40. The summed E-state index contributed by atoms with van der Waals surface area (Å²) in [4.78, 5) is 1.23. The van der Waals surface area contributed by atoms with E-state index in [1.807, 2.05) is 12.3 Å². The van der Waals surface area contributed by atoms with Gasteiger partial charge in [0.2, 0.25) is 0 Å². The standard InChI is InChI=1S/C9H10ClNS/c1-12(10)9-6-7-4-2-3-5-8(7)11-9/h2-5,11H,6H2,1H3. The van der Waals surface area contributed by atoms with Gasteiger partial charge in [-0.05, 0) is 17.9 Å². The van der Waals surface area contributed by atoms with Gasteiger partial charge in [0.1, 0.15) is 0 Å². The zero-order valence-corrected chi connectivity index (χ0v) is 8.38. The summed E-state index contributed by atoms with van der Waals surface area (Å²) in [7, 11) is 5.86. The normalized spacial score (nSPS) is 20.0. The van der Waals surface area contributed by atoms with Crippen LogP contribution < -0.4 is 5.32 Å². The molecule has 1 N–H and O–H groups in total. The summed E-state index contributed by atoms with van der Waals surface area (Å²) in [5.41, 5.74) is 2.57. The second kappa shape index (κ2) is 3.11. The van der Waals surface area contributed by atoms with Gasteiger partial charge in [-0.1, -0.05) is 38.6 Å². The minimum Gasteiger partial charge on any atom is -0.353 e. The Kier molecular flexibility index (Phi) is 2.11. The van der Waals surface area contributed by atoms with Crippen molar-refractivity contribution in [2.75, 3.05) is 11.6 Å². The van der Waals surface area contributed by atoms with Gasteiger partial charge >= 0.3 is 0 Å². The maximum Gasteiger partial charge on any atom is 0.0581 e. The molecule has 0 radical (unpaired) electrons. The molecular weight excluding hydrogens is 190 g/mol. The predicted molar refractivity (Wildman–Crippen MR) is 58.1 cm³/mol. The largest absolute Gasteiger partial charge is 0.353 e. The lowest BCUT2D eigenvalue weighted by Crippen LogP contribution is -2.04. The van der Waals surface area contributed by atoms with Gasteiger partial charge in [-0.15, -0.1) is 0 Å². The maximum atomic E-state index is 6.00. The molecule has 0 amide bonds. The number of hydrogen-bond acceptors (Lipinski definition) is 0. The van der Waals surface area contributed by atoms with Crippen LogP contribution in [0.5, 0.6) is 0 Å². The summed E-state index contributed by atoms with van der Waals surface area (Å²) < 4.78 is 0. The summed E-state index contributed by atoms with van der Waals surface area (Å²) in [5.74, 6) is 0. The summed E-state index contributed by atoms with van der Waals surface area (Å²) in [6.45, 7) is 0. The van der Waals surface area contributed by atoms with Crippen LogP contribution in [0.4, 0.5) is 5.69 Å². The Hall–Kier alpha value is -0.470. The lowest BCUT2D eigenvalue weighted by Gasteiger charge is -1.99. The van der Waals surface area contributed by atoms with Crippen molar-refractivity contribution in [1.29, 1.82) is 0 Å². The number of para-hydroxylation sites is 1. The smallest absolute Gasteiger partial charge is 0.0581 e. The number of anilines is 1. The van der Waals surface area contributed by atoms with E-state index in [2.05, 4.69) is 23.5 Å². The molecule has 0 spiro atoms. The van der Waals surface area contributed by atoms with E-state index in [0.717, 1.165) is 6.42 Å². The van der Waals surface area contributed by atoms with Crippen molar-refractivity contribution < 1.29 is 0 Å². The maximum absolute atomic E-state index is 6.00. The van der Waals surface area contributed by atoms with Crippen LogP contribution in [-0.2, 0) is 6.42 Å². The minimum absolute atomic E-state index is 0.139. The molecule has 1 nitrogen and oxygen atoms in total. The van der Waals surface area contributed by atoms with Gasteiger partial charge in [-0.3, -0.25) is 0 Å². The topological polar surface area (TPSA) is 12.0 Å². The van der Waals surface area contributed by atoms with Crippen LogP contribution in [0.15, 0.2) is 24.3 Å². The molecule has 1 heterocycles. The van der Waals surface area contributed by atoms with Gasteiger partial charge in [-0.2, -0.15) is 0 Å². The average Bonchev–Trinajstić information content (AvgIpc) is 2.46. The SMILES string of the molecule is CS(Cl)=C1Cc2ccccc2N1. The number of nitrogens with one attached hydrogen (secondary N) is 1. The van der Waals surface area contributed by atoms with E-state index < -0.39 is 0 Å². The second-order valence-corrected chi connectivity index (χ2v) is 5.57. The fourth-order valence-corrected chi connectivity index (χ4v) is 2.22. The van der Waals surface area contributed by atoms with Gasteiger partial charge in [0.25, 0.3) is 0 Å². The zero-order chi connectivity index (χ0) is 8.55. The molecule has 1 aliphatic rings. The zero-order valence-electron chi connectivity index (χ0n) is 6.80. The third-order valence-electron chi connectivity index (χ3n) is 1.98. The number of fused-ring (bicyclic) bond motifs is 1. The molecule has 0 fully saturated rings. The summed E-state index contributed by atoms with van der Waals surface area (Å²) >= 11 is 0. The van der Waals surface area contributed by atoms with E-state index in [1.54, 1.807) is 0 Å². The Morgan fingerprint density at radius 3 is 2.83 bits per heavy atom. The molecule has 0 saturated carbocycles. The van der Waals surface area contributed by atoms with E-state index in [0.29, 0.717) is 0 Å². The molecule has 1 atom stereocenters. The summed E-state index contributed by atoms with van der Waals surface area (Å²) in [6.07, 6.45) is 3.01. The number of hydrogen-bond donors (Lipinski definition) is 1. The quantitative estimate of drug-likeness (QED) is 0.634. The highest BCUT2D eigenvalue weighted by Crippen LogP contribution is 2.28. The Morgan fingerprint density at radius 2 is 2.17 bits per heavy atom. The molecule has 1 aromatic carbocycles. The molecule has 64 valence electrons. The van der Waals surface area contributed by atoms with Crippen molar-refractivity contribution in [3.63, 3.8) is 0 Å². The Morgan fingerprint density at radius 1 is 1.42 bits per heavy atom. The van der Waals surface area contributed by atoms with Crippen LogP contribution >= 0.6 is 20.4 Å². The molecule has 2 rings (SSSR count). The van der Waals surface area contributed by atoms with Crippen LogP contribution in [0, 0.1) is 0 Å². The third kappa shape index (κ3) is 1.37. The monoisotopic (exact) mass is 199 g/mol. The van der Waals surface area contributed by atoms with E-state index in [9.17, 15) is 0 Å². The van der Waals surface area contributed by atoms with Gasteiger partial charge < -0.3 is 5.32 Å². The number of halogens is 1. The molecule has 0 aliphatic carbocycles. The number of rotatable bonds is 0. The molecule has 0 bridgehead atoms. The number of benzene rings is 1. The highest BCUT2D eigenvalue weighted by atomic mass is 35.7. The van der Waals surface area contributed by atoms with Gasteiger partial charge in [0.05, 0.1) is 4.99 Å². The Labute approximate surface area is 79.2 Å². The molecule has 1 aromatic rings. The first kappa shape index (κ1) is 8.14. The molecule has 1 aliphatic heterocycles. The van der Waals surface area contributed by atoms with Gasteiger partial charge in [0.15, 0.2) is 0 Å². The molecular formula is C9H10ClNS. The first-order valence-electron chi connectivity index (χ1n) is 3.80. The van der Waals surface area contributed by atoms with Gasteiger partial charge in [-0.25, -0.2) is 0 Å². The van der Waals surface area contributed by atoms with Crippen molar-refractivity contribution >= 4 is 31.1 Å². The molecule has 0 aromatic heterocycles. The molecule has 12 heavy (non-hydrogen) atoms. The summed E-state index contributed by atoms with van der Waals surface area (Å²) in [5, 5.41) is 3.33. The van der Waals surface area contributed by atoms with Crippen molar-refractivity contribution in [2.45, 2.75) is 6.42 Å². The molecule has 0 saturated heterocycles. The molecule has 3 heteroatoms. The fourth-order valence-electron chi connectivity index (χ4n) is 1.33. The van der Waals surface area contributed by atoms with E-state index >= 15 is 0 Å². The predicted octanol–water partition coefficient (Wildman–Crippen LogP) is 2.84. The lowest BCUT2D eigenvalue weighted by molar-refractivity contribution is 1.43. The fraction of sp³-hybridized carbons (Fsp3) is 0.222. The Bertz CT molecular complexity index is 315. The third-order valence-corrected chi connectivity index (χ3v) is 3.47. The lowest BCUT2D eigenvalue weighted by atomic mass is 10.2. The van der Waals surface area contributed by atoms with E-state index in [-0.39, 0.29) is 9.70 Å². The first-order valence-corrected chi connectivity index (χ1v) is 6.26. The highest BCUT2D eigenvalue weighted by molar-refractivity contribution is 8.34. The van der Waals surface area contributed by atoms with E-state index in [4.69, 9.17) is 10.7 Å². The van der Waals surface area contributed by atoms with Crippen LogP contribution in [0.25, 0.3) is 0 Å². The van der Waals surface area contributed by atoms with Crippen LogP contribution in [-0.4, -0.2) is 11.2 Å². The van der Waals surface area contributed by atoms with Crippen molar-refractivity contribution in [3.05, 3.63) is 29.8 Å². The van der Waals surface area contributed by atoms with Crippen molar-refractivity contribution in [1.82, 2.24) is 0 Å². The van der Waals surface area contributed by atoms with Crippen molar-refractivity contribution in [3.8, 4) is 0 Å². The highest BCUT2D eigenvalue weighted by Gasteiger charge is 2.14. The van der Waals surface area contributed by atoms with E-state index in [1.165, 1.54) is 16.2 Å². The van der Waals surface area contributed by atoms with Crippen LogP contribution in [0.1, 0.15) is 5.56 Å². The minimum atomic E-state index is -0.139. The first-order chi connectivity index (χ1) is 5.77. The van der Waals surface area contributed by atoms with Crippen LogP contribution in [0.2, 0.25) is 0 Å². The molecule has 1 unspecified atom stereocenters. The van der Waals surface area contributed by atoms with Gasteiger partial charge in [0, 0.05) is 12.1 Å².